The maximum Gasteiger partial charge on any atom is 0.419 e. The molecule has 0 spiro atoms. The van der Waals surface area contributed by atoms with Gasteiger partial charge in [0.25, 0.3) is 0 Å². The molecule has 10 nitrogen and oxygen atoms in total. The quantitative estimate of drug-likeness (QED) is 0.0311. The second-order valence-electron chi connectivity index (χ2n) is 15.6. The molecule has 10 heteroatoms. The molecule has 4 unspecified atom stereocenters. The van der Waals surface area contributed by atoms with Gasteiger partial charge in [0, 0.05) is 24.9 Å². The van der Waals surface area contributed by atoms with Gasteiger partial charge in [-0.2, -0.15) is 0 Å². The number of carbonyl (C=O) groups excluding carboxylic acids is 2. The van der Waals surface area contributed by atoms with Gasteiger partial charge in [-0.1, -0.05) is 121 Å². The van der Waals surface area contributed by atoms with E-state index in [4.69, 9.17) is 28.4 Å². The van der Waals surface area contributed by atoms with Gasteiger partial charge in [0.15, 0.2) is 12.5 Å². The van der Waals surface area contributed by atoms with Gasteiger partial charge in [0.2, 0.25) is 0 Å². The zero-order valence-electron chi connectivity index (χ0n) is 36.8. The zero-order chi connectivity index (χ0) is 44.6. The lowest BCUT2D eigenvalue weighted by atomic mass is 9.98. The van der Waals surface area contributed by atoms with Crippen molar-refractivity contribution in [2.24, 2.45) is 11.8 Å². The predicted molar refractivity (Wildman–Crippen MR) is 250 cm³/mol. The van der Waals surface area contributed by atoms with E-state index >= 15 is 0 Å². The Bertz CT molecular complexity index is 2050. The second kappa shape index (κ2) is 26.1. The van der Waals surface area contributed by atoms with Gasteiger partial charge in [0.05, 0.1) is 27.4 Å². The van der Waals surface area contributed by atoms with Crippen molar-refractivity contribution >= 4 is 11.9 Å². The van der Waals surface area contributed by atoms with Crippen molar-refractivity contribution in [3.05, 3.63) is 192 Å². The summed E-state index contributed by atoms with van der Waals surface area (Å²) in [6.07, 6.45) is 2.16. The highest BCUT2D eigenvalue weighted by molar-refractivity contribution is 6.29. The van der Waals surface area contributed by atoms with Gasteiger partial charge in [0.1, 0.15) is 23.0 Å². The van der Waals surface area contributed by atoms with Gasteiger partial charge in [-0.15, -0.1) is 0 Å². The monoisotopic (exact) mass is 864 g/mol. The van der Waals surface area contributed by atoms with E-state index in [1.807, 2.05) is 121 Å². The third-order valence-corrected chi connectivity index (χ3v) is 11.0. The van der Waals surface area contributed by atoms with Crippen LogP contribution in [0.3, 0.4) is 0 Å². The van der Waals surface area contributed by atoms with Crippen LogP contribution in [0.4, 0.5) is 0 Å². The van der Waals surface area contributed by atoms with Crippen LogP contribution in [0.2, 0.25) is 0 Å². The van der Waals surface area contributed by atoms with E-state index in [1.54, 1.807) is 14.2 Å². The normalized spacial score (nSPS) is 12.8. The molecule has 0 bridgehead atoms. The molecule has 0 heterocycles. The third kappa shape index (κ3) is 15.9. The minimum atomic E-state index is -1.10. The zero-order valence-corrected chi connectivity index (χ0v) is 36.8. The highest BCUT2D eigenvalue weighted by Gasteiger charge is 2.33. The predicted octanol–water partition coefficient (Wildman–Crippen LogP) is 9.06. The first kappa shape index (κ1) is 46.9. The lowest BCUT2D eigenvalue weighted by Gasteiger charge is -2.30. The molecule has 2 N–H and O–H groups in total. The van der Waals surface area contributed by atoms with Crippen LogP contribution in [0.1, 0.15) is 35.1 Å². The van der Waals surface area contributed by atoms with Gasteiger partial charge >= 0.3 is 11.9 Å². The van der Waals surface area contributed by atoms with Crippen molar-refractivity contribution in [1.29, 1.82) is 0 Å². The molecule has 0 amide bonds. The van der Waals surface area contributed by atoms with Gasteiger partial charge in [-0.05, 0) is 109 Å². The van der Waals surface area contributed by atoms with Crippen LogP contribution < -0.4 is 29.6 Å². The van der Waals surface area contributed by atoms with E-state index in [2.05, 4.69) is 59.2 Å². The molecule has 6 aromatic carbocycles. The van der Waals surface area contributed by atoms with Crippen LogP contribution in [0.25, 0.3) is 0 Å². The summed E-state index contributed by atoms with van der Waals surface area (Å²) in [5.74, 6) is -0.202. The van der Waals surface area contributed by atoms with E-state index < -0.39 is 24.4 Å². The van der Waals surface area contributed by atoms with Crippen LogP contribution in [-0.2, 0) is 44.7 Å². The Hall–Kier alpha value is -6.62. The topological polar surface area (TPSA) is 114 Å². The van der Waals surface area contributed by atoms with E-state index in [0.29, 0.717) is 74.6 Å². The van der Waals surface area contributed by atoms with E-state index in [0.717, 1.165) is 22.3 Å². The second-order valence-corrected chi connectivity index (χ2v) is 15.6. The Balaban J connectivity index is 1.23. The number of ether oxygens (including phenoxy) is 6. The molecule has 0 fully saturated rings. The number of rotatable bonds is 26. The van der Waals surface area contributed by atoms with Crippen LogP contribution in [0, 0.1) is 11.8 Å². The molecule has 64 heavy (non-hydrogen) atoms. The van der Waals surface area contributed by atoms with Crippen molar-refractivity contribution in [2.45, 2.75) is 51.0 Å². The lowest BCUT2D eigenvalue weighted by molar-refractivity contribution is -0.180. The average molecular weight is 865 g/mol. The van der Waals surface area contributed by atoms with Crippen molar-refractivity contribution < 1.29 is 38.0 Å². The van der Waals surface area contributed by atoms with E-state index in [9.17, 15) is 9.59 Å². The first-order chi connectivity index (χ1) is 31.4. The molecule has 0 aliphatic rings. The fourth-order valence-electron chi connectivity index (χ4n) is 7.33. The molecule has 0 aromatic heterocycles. The molecule has 4 atom stereocenters. The minimum Gasteiger partial charge on any atom is -0.497 e. The van der Waals surface area contributed by atoms with Crippen molar-refractivity contribution in [3.8, 4) is 23.0 Å². The number of esters is 2. The highest BCUT2D eigenvalue weighted by atomic mass is 16.6. The molecule has 0 saturated heterocycles. The number of benzene rings is 6. The van der Waals surface area contributed by atoms with Crippen LogP contribution >= 0.6 is 0 Å². The molecular weight excluding hydrogens is 805 g/mol. The fraction of sp³-hybridized carbons (Fsp3) is 0.296. The summed E-state index contributed by atoms with van der Waals surface area (Å²) in [4.78, 5) is 28.2. The summed E-state index contributed by atoms with van der Waals surface area (Å²) >= 11 is 0. The Labute approximate surface area is 377 Å². The van der Waals surface area contributed by atoms with E-state index in [-0.39, 0.29) is 25.0 Å². The highest BCUT2D eigenvalue weighted by Crippen LogP contribution is 2.24. The Kier molecular flexibility index (Phi) is 19.1. The first-order valence-corrected chi connectivity index (χ1v) is 22.0. The number of methoxy groups -OCH3 is 2. The maximum atomic E-state index is 14.1. The average Bonchev–Trinajstić information content (AvgIpc) is 3.35. The summed E-state index contributed by atoms with van der Waals surface area (Å²) in [6.45, 7) is 1.38. The van der Waals surface area contributed by atoms with Crippen LogP contribution in [0.5, 0.6) is 23.0 Å². The first-order valence-electron chi connectivity index (χ1n) is 22.0. The SMILES string of the molecule is COc1ccc(OCC(CCc2ccccc2)C(NCCc2ccccc2)OC(=O)C(=O)OC(NCCc2ccccc2)C(CCc2ccccc2)COc2ccc(OC)cc2)cc1. The Morgan fingerprint density at radius 1 is 0.406 bits per heavy atom. The molecule has 0 saturated carbocycles. The minimum absolute atomic E-state index is 0.207. The molecule has 0 aliphatic carbocycles. The Morgan fingerprint density at radius 3 is 1.02 bits per heavy atom. The number of hydrogen-bond donors (Lipinski definition) is 2. The Morgan fingerprint density at radius 2 is 0.703 bits per heavy atom. The number of hydrogen-bond acceptors (Lipinski definition) is 10. The summed E-state index contributed by atoms with van der Waals surface area (Å²) < 4.78 is 35.7. The van der Waals surface area contributed by atoms with Crippen molar-refractivity contribution in [1.82, 2.24) is 10.6 Å². The van der Waals surface area contributed by atoms with Crippen LogP contribution in [0.15, 0.2) is 170 Å². The molecule has 6 rings (SSSR count). The fourth-order valence-corrected chi connectivity index (χ4v) is 7.33. The molecule has 334 valence electrons. The standard InChI is InChI=1S/C54H60N2O8/c1-59-47-27-31-49(32-28-47)61-39-45(25-23-41-15-7-3-8-16-41)51(55-37-35-43-19-11-5-12-20-43)63-53(57)54(58)64-52(56-38-36-44-21-13-6-14-22-44)46(26-24-42-17-9-4-10-18-42)40-62-50-33-29-48(60-2)30-34-50/h3-22,27-34,45-46,51-52,55-56H,23-26,35-40H2,1-2H3. The number of carbonyl (C=O) groups is 2. The summed E-state index contributed by atoms with van der Waals surface area (Å²) in [5, 5.41) is 6.93. The summed E-state index contributed by atoms with van der Waals surface area (Å²) in [6, 6.07) is 55.1. The molecule has 0 aliphatic heterocycles. The number of nitrogens with one attached hydrogen (secondary N) is 2. The molecule has 6 aromatic rings. The number of aryl methyl sites for hydroxylation is 2. The lowest BCUT2D eigenvalue weighted by Crippen LogP contribution is -2.47. The van der Waals surface area contributed by atoms with Gasteiger partial charge < -0.3 is 28.4 Å². The van der Waals surface area contributed by atoms with Crippen LogP contribution in [-0.4, -0.2) is 64.9 Å². The third-order valence-electron chi connectivity index (χ3n) is 11.0. The molecule has 0 radical (unpaired) electrons. The van der Waals surface area contributed by atoms with Gasteiger partial charge in [-0.25, -0.2) is 9.59 Å². The molecular formula is C54H60N2O8. The largest absolute Gasteiger partial charge is 0.497 e. The van der Waals surface area contributed by atoms with E-state index in [1.165, 1.54) is 0 Å². The summed E-state index contributed by atoms with van der Waals surface area (Å²) in [5.41, 5.74) is 4.51. The van der Waals surface area contributed by atoms with Crippen molar-refractivity contribution in [2.75, 3.05) is 40.5 Å². The maximum absolute atomic E-state index is 14.1. The smallest absolute Gasteiger partial charge is 0.419 e. The van der Waals surface area contributed by atoms with Gasteiger partial charge in [-0.3, -0.25) is 10.6 Å². The summed E-state index contributed by atoms with van der Waals surface area (Å²) in [7, 11) is 3.23. The van der Waals surface area contributed by atoms with Crippen molar-refractivity contribution in [3.63, 3.8) is 0 Å².